The van der Waals surface area contributed by atoms with Crippen LogP contribution in [0.1, 0.15) is 37.6 Å². The zero-order valence-corrected chi connectivity index (χ0v) is 17.9. The van der Waals surface area contributed by atoms with E-state index in [0.717, 1.165) is 24.4 Å². The van der Waals surface area contributed by atoms with Crippen LogP contribution < -0.4 is 10.1 Å². The van der Waals surface area contributed by atoms with Crippen LogP contribution >= 0.6 is 0 Å². The Balaban J connectivity index is 1.85. The van der Waals surface area contributed by atoms with Gasteiger partial charge in [-0.3, -0.25) is 4.79 Å². The molecule has 0 aliphatic heterocycles. The zero-order valence-electron chi connectivity index (χ0n) is 17.9. The maximum absolute atomic E-state index is 13.2. The van der Waals surface area contributed by atoms with Crippen molar-refractivity contribution >= 4 is 17.4 Å². The fourth-order valence-corrected chi connectivity index (χ4v) is 3.20. The average Bonchev–Trinajstić information content (AvgIpc) is 2.96. The predicted octanol–water partition coefficient (Wildman–Crippen LogP) is 6.02. The van der Waals surface area contributed by atoms with E-state index in [-0.39, 0.29) is 23.3 Å². The normalized spacial score (nSPS) is 12.8. The van der Waals surface area contributed by atoms with Crippen molar-refractivity contribution in [3.63, 3.8) is 0 Å². The van der Waals surface area contributed by atoms with Gasteiger partial charge in [0.2, 0.25) is 5.91 Å². The number of anilines is 1. The number of carbonyl (C=O) groups excluding carboxylic acids is 1. The molecule has 2 heterocycles. The van der Waals surface area contributed by atoms with Crippen LogP contribution in [-0.4, -0.2) is 21.7 Å². The Bertz CT molecular complexity index is 1140. The number of hydrogen-bond acceptors (Lipinski definition) is 3. The highest BCUT2D eigenvalue weighted by atomic mass is 19.4. The molecule has 3 aromatic rings. The lowest BCUT2D eigenvalue weighted by Gasteiger charge is -2.19. The summed E-state index contributed by atoms with van der Waals surface area (Å²) in [6, 6.07) is 6.95. The first-order valence-corrected chi connectivity index (χ1v) is 9.83. The minimum atomic E-state index is -4.82. The van der Waals surface area contributed by atoms with Gasteiger partial charge in [-0.25, -0.2) is 4.98 Å². The van der Waals surface area contributed by atoms with Gasteiger partial charge in [0, 0.05) is 6.20 Å². The number of carbonyl (C=O) groups is 1. The molecule has 11 heteroatoms. The molecule has 0 atom stereocenters. The van der Waals surface area contributed by atoms with E-state index in [1.807, 2.05) is 20.8 Å². The van der Waals surface area contributed by atoms with E-state index in [1.54, 1.807) is 0 Å². The lowest BCUT2D eigenvalue weighted by Crippen LogP contribution is -2.19. The van der Waals surface area contributed by atoms with E-state index in [2.05, 4.69) is 15.0 Å². The van der Waals surface area contributed by atoms with Crippen molar-refractivity contribution in [3.05, 3.63) is 59.4 Å². The molecule has 0 saturated heterocycles. The van der Waals surface area contributed by atoms with Gasteiger partial charge in [0.05, 0.1) is 17.7 Å². The van der Waals surface area contributed by atoms with Gasteiger partial charge in [0.15, 0.2) is 5.82 Å². The molecule has 0 aliphatic carbocycles. The third-order valence-corrected chi connectivity index (χ3v) is 4.52. The van der Waals surface area contributed by atoms with Crippen LogP contribution in [0.2, 0.25) is 0 Å². The highest BCUT2D eigenvalue weighted by Crippen LogP contribution is 2.32. The summed E-state index contributed by atoms with van der Waals surface area (Å²) in [7, 11) is 0. The number of fused-ring (bicyclic) bond motifs is 1. The van der Waals surface area contributed by atoms with E-state index in [1.165, 1.54) is 22.6 Å². The highest BCUT2D eigenvalue weighted by molar-refractivity contribution is 5.92. The van der Waals surface area contributed by atoms with Crippen molar-refractivity contribution in [1.82, 2.24) is 9.38 Å². The lowest BCUT2D eigenvalue weighted by atomic mass is 9.90. The summed E-state index contributed by atoms with van der Waals surface area (Å²) in [5, 5.41) is 2.62. The molecule has 178 valence electrons. The molecular weight excluding hydrogens is 452 g/mol. The van der Waals surface area contributed by atoms with Crippen molar-refractivity contribution in [2.24, 2.45) is 5.41 Å². The predicted molar refractivity (Wildman–Crippen MR) is 109 cm³/mol. The van der Waals surface area contributed by atoms with Gasteiger partial charge in [0.25, 0.3) is 0 Å². The van der Waals surface area contributed by atoms with Gasteiger partial charge in [0.1, 0.15) is 11.4 Å². The third-order valence-electron chi connectivity index (χ3n) is 4.52. The van der Waals surface area contributed by atoms with Crippen LogP contribution in [0.25, 0.3) is 5.65 Å². The van der Waals surface area contributed by atoms with Crippen molar-refractivity contribution in [1.29, 1.82) is 0 Å². The highest BCUT2D eigenvalue weighted by Gasteiger charge is 2.32. The number of nitrogens with one attached hydrogen (secondary N) is 1. The van der Waals surface area contributed by atoms with Gasteiger partial charge in [-0.2, -0.15) is 13.2 Å². The van der Waals surface area contributed by atoms with Crippen LogP contribution in [0.5, 0.6) is 5.75 Å². The molecule has 0 aliphatic rings. The van der Waals surface area contributed by atoms with E-state index in [4.69, 9.17) is 0 Å². The fraction of sp³-hybridized carbons (Fsp3) is 0.364. The summed E-state index contributed by atoms with van der Waals surface area (Å²) < 4.78 is 81.5. The maximum Gasteiger partial charge on any atom is 0.573 e. The summed E-state index contributed by atoms with van der Waals surface area (Å²) in [6.45, 7) is 5.70. The Morgan fingerprint density at radius 2 is 1.64 bits per heavy atom. The van der Waals surface area contributed by atoms with Gasteiger partial charge in [-0.1, -0.05) is 32.9 Å². The summed E-state index contributed by atoms with van der Waals surface area (Å²) in [6.07, 6.45) is -8.27. The zero-order chi connectivity index (χ0) is 24.6. The number of ether oxygens (including phenoxy) is 1. The summed E-state index contributed by atoms with van der Waals surface area (Å²) in [5.74, 6) is -0.805. The minimum absolute atomic E-state index is 0.131. The number of aromatic nitrogens is 2. The van der Waals surface area contributed by atoms with Crippen molar-refractivity contribution in [3.8, 4) is 5.75 Å². The quantitative estimate of drug-likeness (QED) is 0.461. The lowest BCUT2D eigenvalue weighted by molar-refractivity contribution is -0.274. The second-order valence-electron chi connectivity index (χ2n) is 8.70. The van der Waals surface area contributed by atoms with Crippen molar-refractivity contribution in [2.45, 2.75) is 46.2 Å². The second kappa shape index (κ2) is 8.60. The number of imidazole rings is 1. The monoisotopic (exact) mass is 473 g/mol. The first kappa shape index (κ1) is 24.4. The molecule has 0 spiro atoms. The number of nitrogens with zero attached hydrogens (tertiary/aromatic N) is 2. The average molecular weight is 473 g/mol. The molecule has 0 fully saturated rings. The molecular formula is C22H21F6N3O2. The number of halogens is 6. The van der Waals surface area contributed by atoms with Crippen molar-refractivity contribution < 1.29 is 35.9 Å². The Morgan fingerprint density at radius 3 is 2.18 bits per heavy atom. The standard InChI is InChI=1S/C22H21F6N3O2/c1-20(2,3)11-16-19(29-17-9-6-14(12-31(16)17)21(23,24)25)30-18(32)10-13-4-7-15(8-5-13)33-22(26,27)28/h4-9,12H,10-11H2,1-3H3,(H,30,32). The number of pyridine rings is 1. The van der Waals surface area contributed by atoms with Gasteiger partial charge >= 0.3 is 12.5 Å². The minimum Gasteiger partial charge on any atom is -0.406 e. The van der Waals surface area contributed by atoms with Crippen LogP contribution in [0, 0.1) is 5.41 Å². The molecule has 1 N–H and O–H groups in total. The molecule has 2 aromatic heterocycles. The first-order valence-electron chi connectivity index (χ1n) is 9.83. The summed E-state index contributed by atoms with van der Waals surface area (Å²) in [4.78, 5) is 16.8. The Hall–Kier alpha value is -3.24. The number of benzene rings is 1. The van der Waals surface area contributed by atoms with Gasteiger partial charge in [-0.05, 0) is 41.7 Å². The Morgan fingerprint density at radius 1 is 1.00 bits per heavy atom. The largest absolute Gasteiger partial charge is 0.573 e. The molecule has 0 unspecified atom stereocenters. The van der Waals surface area contributed by atoms with Crippen LogP contribution in [0.4, 0.5) is 32.2 Å². The molecule has 0 bridgehead atoms. The van der Waals surface area contributed by atoms with Gasteiger partial charge < -0.3 is 14.5 Å². The SMILES string of the molecule is CC(C)(C)Cc1c(NC(=O)Cc2ccc(OC(F)(F)F)cc2)nc2ccc(C(F)(F)F)cn12. The Kier molecular flexibility index (Phi) is 6.36. The molecule has 0 radical (unpaired) electrons. The van der Waals surface area contributed by atoms with E-state index < -0.39 is 29.8 Å². The third kappa shape index (κ3) is 6.62. The molecule has 1 amide bonds. The van der Waals surface area contributed by atoms with E-state index in [0.29, 0.717) is 17.7 Å². The van der Waals surface area contributed by atoms with E-state index in [9.17, 15) is 31.1 Å². The molecule has 33 heavy (non-hydrogen) atoms. The summed E-state index contributed by atoms with van der Waals surface area (Å²) in [5.41, 5.74) is -0.0981. The van der Waals surface area contributed by atoms with Crippen LogP contribution in [-0.2, 0) is 23.8 Å². The Labute approximate surface area is 185 Å². The molecule has 0 saturated carbocycles. The number of amides is 1. The van der Waals surface area contributed by atoms with Crippen LogP contribution in [0.15, 0.2) is 42.6 Å². The molecule has 3 rings (SSSR count). The smallest absolute Gasteiger partial charge is 0.406 e. The van der Waals surface area contributed by atoms with Gasteiger partial charge in [-0.15, -0.1) is 13.2 Å². The van der Waals surface area contributed by atoms with E-state index >= 15 is 0 Å². The number of rotatable bonds is 5. The number of alkyl halides is 6. The molecule has 5 nitrogen and oxygen atoms in total. The maximum atomic E-state index is 13.2. The molecule has 1 aromatic carbocycles. The van der Waals surface area contributed by atoms with Crippen molar-refractivity contribution in [2.75, 3.05) is 5.32 Å². The summed E-state index contributed by atoms with van der Waals surface area (Å²) >= 11 is 0. The topological polar surface area (TPSA) is 55.6 Å². The second-order valence-corrected chi connectivity index (χ2v) is 8.70. The first-order chi connectivity index (χ1) is 15.1. The van der Waals surface area contributed by atoms with Crippen LogP contribution in [0.3, 0.4) is 0 Å². The fourth-order valence-electron chi connectivity index (χ4n) is 3.20. The number of hydrogen-bond donors (Lipinski definition) is 1.